The molecule has 8 heteroatoms. The van der Waals surface area contributed by atoms with Crippen molar-refractivity contribution in [1.82, 2.24) is 9.97 Å². The van der Waals surface area contributed by atoms with Gasteiger partial charge in [0.2, 0.25) is 11.8 Å². The Labute approximate surface area is 108 Å². The highest BCUT2D eigenvalue weighted by Crippen LogP contribution is 2.18. The molecule has 1 heterocycles. The molecule has 0 aliphatic rings. The number of Topliss-reactive ketones (excluding diaryl/α,β-unsaturated/α-hetero) is 1. The van der Waals surface area contributed by atoms with Crippen LogP contribution >= 0.6 is 0 Å². The van der Waals surface area contributed by atoms with Crippen molar-refractivity contribution in [3.05, 3.63) is 11.9 Å². The molecule has 0 atom stereocenters. The number of methoxy groups -OCH3 is 2. The van der Waals surface area contributed by atoms with Gasteiger partial charge in [-0.2, -0.15) is 4.98 Å². The van der Waals surface area contributed by atoms with Gasteiger partial charge in [0.1, 0.15) is 6.61 Å². The van der Waals surface area contributed by atoms with E-state index < -0.39 is 18.8 Å². The number of nitrogens with zero attached hydrogens (tertiary/aromatic N) is 2. The first kappa shape index (κ1) is 15.2. The van der Waals surface area contributed by atoms with Crippen molar-refractivity contribution in [2.75, 3.05) is 27.4 Å². The highest BCUT2D eigenvalue weighted by Gasteiger charge is 2.16. The van der Waals surface area contributed by atoms with Gasteiger partial charge in [0.15, 0.2) is 11.5 Å². The van der Waals surface area contributed by atoms with Gasteiger partial charge in [-0.15, -0.1) is 0 Å². The van der Waals surface area contributed by atoms with E-state index in [0.29, 0.717) is 0 Å². The van der Waals surface area contributed by atoms with E-state index in [4.69, 9.17) is 9.47 Å². The lowest BCUT2D eigenvalue weighted by atomic mass is 10.2. The summed E-state index contributed by atoms with van der Waals surface area (Å²) in [6, 6.07) is 0. The predicted molar refractivity (Wildman–Crippen MR) is 60.9 cm³/mol. The fraction of sp³-hybridized carbons (Fsp3) is 0.545. The minimum Gasteiger partial charge on any atom is -0.480 e. The predicted octanol–water partition coefficient (Wildman–Crippen LogP) is 1.35. The van der Waals surface area contributed by atoms with Crippen LogP contribution < -0.4 is 9.47 Å². The van der Waals surface area contributed by atoms with Crippen LogP contribution in [0.4, 0.5) is 8.78 Å². The van der Waals surface area contributed by atoms with Crippen LogP contribution in [0.2, 0.25) is 0 Å². The van der Waals surface area contributed by atoms with Crippen molar-refractivity contribution in [1.29, 1.82) is 0 Å². The molecule has 0 aromatic carbocycles. The molecule has 0 amide bonds. The van der Waals surface area contributed by atoms with Gasteiger partial charge in [0.05, 0.1) is 27.0 Å². The average molecular weight is 276 g/mol. The van der Waals surface area contributed by atoms with Crippen LogP contribution in [0.3, 0.4) is 0 Å². The van der Waals surface area contributed by atoms with Crippen LogP contribution in [0.25, 0.3) is 0 Å². The summed E-state index contributed by atoms with van der Waals surface area (Å²) in [4.78, 5) is 19.5. The molecule has 0 N–H and O–H groups in total. The fourth-order valence-electron chi connectivity index (χ4n) is 1.24. The molecule has 1 aromatic rings. The van der Waals surface area contributed by atoms with Gasteiger partial charge in [0, 0.05) is 6.42 Å². The van der Waals surface area contributed by atoms with Crippen molar-refractivity contribution >= 4 is 5.78 Å². The number of carbonyl (C=O) groups excluding carboxylic acids is 1. The zero-order chi connectivity index (χ0) is 14.3. The fourth-order valence-corrected chi connectivity index (χ4v) is 1.24. The second-order valence-electron chi connectivity index (χ2n) is 3.41. The molecule has 1 rings (SSSR count). The maximum atomic E-state index is 11.8. The van der Waals surface area contributed by atoms with Crippen LogP contribution in [0.1, 0.15) is 16.9 Å². The highest BCUT2D eigenvalue weighted by molar-refractivity contribution is 5.96. The third-order valence-electron chi connectivity index (χ3n) is 2.10. The molecular formula is C11H14F2N2O4. The van der Waals surface area contributed by atoms with Gasteiger partial charge >= 0.3 is 0 Å². The van der Waals surface area contributed by atoms with Crippen molar-refractivity contribution in [2.24, 2.45) is 0 Å². The summed E-state index contributed by atoms with van der Waals surface area (Å²) in [5.74, 6) is -0.165. The van der Waals surface area contributed by atoms with Gasteiger partial charge < -0.3 is 14.2 Å². The van der Waals surface area contributed by atoms with Gasteiger partial charge in [0.25, 0.3) is 6.43 Å². The molecule has 0 unspecified atom stereocenters. The lowest BCUT2D eigenvalue weighted by molar-refractivity contribution is 0.0169. The summed E-state index contributed by atoms with van der Waals surface area (Å²) in [6.45, 7) is -0.807. The first-order chi connectivity index (χ1) is 9.08. The van der Waals surface area contributed by atoms with Crippen molar-refractivity contribution in [3.63, 3.8) is 0 Å². The summed E-state index contributed by atoms with van der Waals surface area (Å²) in [5.41, 5.74) is 0.0175. The third kappa shape index (κ3) is 4.74. The third-order valence-corrected chi connectivity index (χ3v) is 2.10. The van der Waals surface area contributed by atoms with E-state index in [1.54, 1.807) is 0 Å². The van der Waals surface area contributed by atoms with E-state index in [1.807, 2.05) is 0 Å². The Morgan fingerprint density at radius 1 is 1.37 bits per heavy atom. The SMILES string of the molecule is COc1cnc(C(=O)CCOCC(F)F)c(OC)n1. The Bertz CT molecular complexity index is 429. The van der Waals surface area contributed by atoms with Crippen LogP contribution in [-0.4, -0.2) is 49.6 Å². The molecule has 0 saturated carbocycles. The Kier molecular flexibility index (Phi) is 6.07. The molecule has 6 nitrogen and oxygen atoms in total. The molecule has 106 valence electrons. The largest absolute Gasteiger partial charge is 0.480 e. The summed E-state index contributed by atoms with van der Waals surface area (Å²) in [6.07, 6.45) is -1.36. The maximum absolute atomic E-state index is 11.8. The first-order valence-corrected chi connectivity index (χ1v) is 5.42. The Morgan fingerprint density at radius 2 is 2.11 bits per heavy atom. The molecule has 0 aliphatic heterocycles. The van der Waals surface area contributed by atoms with Crippen molar-refractivity contribution < 1.29 is 27.8 Å². The van der Waals surface area contributed by atoms with Gasteiger partial charge in [-0.1, -0.05) is 0 Å². The van der Waals surface area contributed by atoms with E-state index in [9.17, 15) is 13.6 Å². The van der Waals surface area contributed by atoms with Gasteiger partial charge in [-0.05, 0) is 0 Å². The smallest absolute Gasteiger partial charge is 0.261 e. The number of hydrogen-bond donors (Lipinski definition) is 0. The second kappa shape index (κ2) is 7.57. The van der Waals surface area contributed by atoms with E-state index in [2.05, 4.69) is 14.7 Å². The number of carbonyl (C=O) groups is 1. The second-order valence-corrected chi connectivity index (χ2v) is 3.41. The lowest BCUT2D eigenvalue weighted by Gasteiger charge is -2.07. The van der Waals surface area contributed by atoms with Gasteiger partial charge in [-0.25, -0.2) is 13.8 Å². The summed E-state index contributed by atoms with van der Waals surface area (Å²) < 4.78 is 38.0. The normalized spacial score (nSPS) is 10.6. The number of alkyl halides is 2. The van der Waals surface area contributed by atoms with Crippen molar-refractivity contribution in [2.45, 2.75) is 12.8 Å². The maximum Gasteiger partial charge on any atom is 0.261 e. The molecule has 0 aliphatic carbocycles. The summed E-state index contributed by atoms with van der Waals surface area (Å²) >= 11 is 0. The number of halogens is 2. The van der Waals surface area contributed by atoms with E-state index in [0.717, 1.165) is 0 Å². The van der Waals surface area contributed by atoms with Crippen LogP contribution in [-0.2, 0) is 4.74 Å². The number of ether oxygens (including phenoxy) is 3. The molecular weight excluding hydrogens is 262 g/mol. The molecule has 0 spiro atoms. The Balaban J connectivity index is 2.61. The van der Waals surface area contributed by atoms with E-state index in [1.165, 1.54) is 20.4 Å². The molecule has 0 radical (unpaired) electrons. The molecule has 0 bridgehead atoms. The average Bonchev–Trinajstić information content (AvgIpc) is 2.42. The van der Waals surface area contributed by atoms with E-state index in [-0.39, 0.29) is 30.5 Å². The number of ketones is 1. The zero-order valence-corrected chi connectivity index (χ0v) is 10.6. The number of aromatic nitrogens is 2. The molecule has 0 saturated heterocycles. The van der Waals surface area contributed by atoms with Gasteiger partial charge in [-0.3, -0.25) is 4.79 Å². The summed E-state index contributed by atoms with van der Waals surface area (Å²) in [7, 11) is 2.75. The minimum atomic E-state index is -2.55. The van der Waals surface area contributed by atoms with E-state index >= 15 is 0 Å². The monoisotopic (exact) mass is 276 g/mol. The van der Waals surface area contributed by atoms with Crippen LogP contribution in [0, 0.1) is 0 Å². The highest BCUT2D eigenvalue weighted by atomic mass is 19.3. The van der Waals surface area contributed by atoms with Crippen molar-refractivity contribution in [3.8, 4) is 11.8 Å². The minimum absolute atomic E-state index is 0.0175. The quantitative estimate of drug-likeness (QED) is 0.527. The molecule has 1 aromatic heterocycles. The standard InChI is InChI=1S/C11H14F2N2O4/c1-17-9-5-14-10(11(15-9)18-2)7(16)3-4-19-6-8(12)13/h5,8H,3-4,6H2,1-2H3. The topological polar surface area (TPSA) is 70.5 Å². The van der Waals surface area contributed by atoms with Crippen LogP contribution in [0.15, 0.2) is 6.20 Å². The number of rotatable bonds is 8. The van der Waals surface area contributed by atoms with Crippen LogP contribution in [0.5, 0.6) is 11.8 Å². The zero-order valence-electron chi connectivity index (χ0n) is 10.6. The number of hydrogen-bond acceptors (Lipinski definition) is 6. The molecule has 19 heavy (non-hydrogen) atoms. The lowest BCUT2D eigenvalue weighted by Crippen LogP contribution is -2.12. The summed E-state index contributed by atoms with van der Waals surface area (Å²) in [5, 5.41) is 0. The first-order valence-electron chi connectivity index (χ1n) is 5.42. The Hall–Kier alpha value is -1.83. The molecule has 0 fully saturated rings. The Morgan fingerprint density at radius 3 is 2.68 bits per heavy atom.